The number of carbonyl (C=O) groups excluding carboxylic acids is 1. The number of hydrogen-bond donors (Lipinski definition) is 1. The molecule has 1 aromatic heterocycles. The molecule has 0 unspecified atom stereocenters. The van der Waals surface area contributed by atoms with Crippen LogP contribution in [0.2, 0.25) is 0 Å². The van der Waals surface area contributed by atoms with Crippen molar-refractivity contribution in [2.45, 2.75) is 26.0 Å². The number of nitrogens with one attached hydrogen (secondary N) is 1. The number of benzene rings is 2. The lowest BCUT2D eigenvalue weighted by Gasteiger charge is -2.26. The average molecular weight is 379 g/mol. The van der Waals surface area contributed by atoms with Gasteiger partial charge in [-0.2, -0.15) is 0 Å². The van der Waals surface area contributed by atoms with Gasteiger partial charge in [0.1, 0.15) is 18.5 Å². The van der Waals surface area contributed by atoms with Gasteiger partial charge < -0.3 is 14.8 Å². The van der Waals surface area contributed by atoms with E-state index >= 15 is 0 Å². The second kappa shape index (κ2) is 8.08. The topological polar surface area (TPSA) is 91.2 Å². The summed E-state index contributed by atoms with van der Waals surface area (Å²) in [5.74, 6) is 2.15. The molecule has 0 bridgehead atoms. The van der Waals surface area contributed by atoms with Gasteiger partial charge in [0.05, 0.1) is 6.54 Å². The number of aryl methyl sites for hydroxylation is 1. The first kappa shape index (κ1) is 18.0. The molecule has 2 heterocycles. The Morgan fingerprint density at radius 2 is 1.96 bits per heavy atom. The number of amides is 1. The van der Waals surface area contributed by atoms with E-state index in [1.165, 1.54) is 0 Å². The fourth-order valence-electron chi connectivity index (χ4n) is 2.98. The Balaban J connectivity index is 1.26. The fraction of sp³-hybridized carbons (Fsp3) is 0.300. The SMILES string of the molecule is Cc1nnnn1Cc1ccc(C(=O)NCC[C@@H]2COc3ccccc3O2)cc1. The minimum absolute atomic E-state index is 0.0721. The highest BCUT2D eigenvalue weighted by Crippen LogP contribution is 2.31. The third-order valence-electron chi connectivity index (χ3n) is 4.58. The van der Waals surface area contributed by atoms with Crippen molar-refractivity contribution in [3.63, 3.8) is 0 Å². The molecule has 2 aromatic carbocycles. The molecule has 0 saturated carbocycles. The molecule has 144 valence electrons. The van der Waals surface area contributed by atoms with Crippen LogP contribution in [-0.2, 0) is 6.54 Å². The number of carbonyl (C=O) groups is 1. The Bertz CT molecular complexity index is 954. The Labute approximate surface area is 162 Å². The first-order valence-electron chi connectivity index (χ1n) is 9.17. The van der Waals surface area contributed by atoms with Gasteiger partial charge in [-0.15, -0.1) is 5.10 Å². The number of hydrogen-bond acceptors (Lipinski definition) is 6. The molecule has 8 heteroatoms. The average Bonchev–Trinajstić information content (AvgIpc) is 3.13. The molecule has 1 amide bonds. The summed E-state index contributed by atoms with van der Waals surface area (Å²) in [6.45, 7) is 3.42. The lowest BCUT2D eigenvalue weighted by molar-refractivity contribution is 0.0813. The summed E-state index contributed by atoms with van der Waals surface area (Å²) in [5, 5.41) is 14.3. The zero-order chi connectivity index (χ0) is 19.3. The summed E-state index contributed by atoms with van der Waals surface area (Å²) in [5.41, 5.74) is 1.64. The molecule has 4 rings (SSSR count). The molecule has 1 atom stereocenters. The molecule has 1 aliphatic rings. The quantitative estimate of drug-likeness (QED) is 0.704. The van der Waals surface area contributed by atoms with Crippen molar-refractivity contribution >= 4 is 5.91 Å². The smallest absolute Gasteiger partial charge is 0.251 e. The summed E-state index contributed by atoms with van der Waals surface area (Å²) in [7, 11) is 0. The highest BCUT2D eigenvalue weighted by atomic mass is 16.6. The van der Waals surface area contributed by atoms with Gasteiger partial charge in [0, 0.05) is 18.5 Å². The van der Waals surface area contributed by atoms with E-state index in [0.29, 0.717) is 31.7 Å². The number of aromatic nitrogens is 4. The molecule has 0 aliphatic carbocycles. The normalized spacial score (nSPS) is 15.2. The molecular weight excluding hydrogens is 358 g/mol. The van der Waals surface area contributed by atoms with E-state index in [4.69, 9.17) is 9.47 Å². The Kier molecular flexibility index (Phi) is 5.18. The van der Waals surface area contributed by atoms with Crippen LogP contribution in [0.25, 0.3) is 0 Å². The summed E-state index contributed by atoms with van der Waals surface area (Å²) in [4.78, 5) is 12.3. The summed E-state index contributed by atoms with van der Waals surface area (Å²) in [6, 6.07) is 15.0. The zero-order valence-electron chi connectivity index (χ0n) is 15.5. The number of para-hydroxylation sites is 2. The number of ether oxygens (including phenoxy) is 2. The van der Waals surface area contributed by atoms with Crippen molar-refractivity contribution in [3.8, 4) is 11.5 Å². The molecule has 3 aromatic rings. The van der Waals surface area contributed by atoms with Crippen LogP contribution >= 0.6 is 0 Å². The maximum atomic E-state index is 12.3. The number of nitrogens with zero attached hydrogens (tertiary/aromatic N) is 4. The predicted molar refractivity (Wildman–Crippen MR) is 101 cm³/mol. The fourth-order valence-corrected chi connectivity index (χ4v) is 2.98. The molecular formula is C20H21N5O3. The Hall–Kier alpha value is -3.42. The third-order valence-corrected chi connectivity index (χ3v) is 4.58. The summed E-state index contributed by atoms with van der Waals surface area (Å²) in [6.07, 6.45) is 0.605. The first-order valence-corrected chi connectivity index (χ1v) is 9.17. The van der Waals surface area contributed by atoms with Crippen LogP contribution in [0.4, 0.5) is 0 Å². The van der Waals surface area contributed by atoms with Crippen LogP contribution in [-0.4, -0.2) is 45.4 Å². The minimum Gasteiger partial charge on any atom is -0.486 e. The van der Waals surface area contributed by atoms with Gasteiger partial charge in [0.15, 0.2) is 11.5 Å². The van der Waals surface area contributed by atoms with Crippen LogP contribution in [0.3, 0.4) is 0 Å². The maximum Gasteiger partial charge on any atom is 0.251 e. The lowest BCUT2D eigenvalue weighted by Crippen LogP contribution is -2.34. The van der Waals surface area contributed by atoms with Crippen LogP contribution in [0.15, 0.2) is 48.5 Å². The van der Waals surface area contributed by atoms with Crippen molar-refractivity contribution < 1.29 is 14.3 Å². The van der Waals surface area contributed by atoms with E-state index in [-0.39, 0.29) is 12.0 Å². The van der Waals surface area contributed by atoms with E-state index in [1.54, 1.807) is 16.8 Å². The van der Waals surface area contributed by atoms with Crippen molar-refractivity contribution in [1.82, 2.24) is 25.5 Å². The van der Waals surface area contributed by atoms with E-state index in [2.05, 4.69) is 20.8 Å². The van der Waals surface area contributed by atoms with Crippen LogP contribution in [0.1, 0.15) is 28.2 Å². The molecule has 0 saturated heterocycles. The lowest BCUT2D eigenvalue weighted by atomic mass is 10.1. The third kappa shape index (κ3) is 4.11. The highest BCUT2D eigenvalue weighted by molar-refractivity contribution is 5.94. The Morgan fingerprint density at radius 3 is 2.71 bits per heavy atom. The van der Waals surface area contributed by atoms with Crippen molar-refractivity contribution in [2.24, 2.45) is 0 Å². The van der Waals surface area contributed by atoms with Crippen LogP contribution in [0.5, 0.6) is 11.5 Å². The molecule has 1 N–H and O–H groups in total. The molecule has 1 aliphatic heterocycles. The van der Waals surface area contributed by atoms with Gasteiger partial charge in [-0.1, -0.05) is 24.3 Å². The van der Waals surface area contributed by atoms with E-state index in [1.807, 2.05) is 43.3 Å². The predicted octanol–water partition coefficient (Wildman–Crippen LogP) is 1.99. The largest absolute Gasteiger partial charge is 0.486 e. The van der Waals surface area contributed by atoms with Crippen molar-refractivity contribution in [1.29, 1.82) is 0 Å². The molecule has 0 radical (unpaired) electrons. The van der Waals surface area contributed by atoms with E-state index in [0.717, 1.165) is 22.9 Å². The van der Waals surface area contributed by atoms with E-state index in [9.17, 15) is 4.79 Å². The first-order chi connectivity index (χ1) is 13.7. The molecule has 8 nitrogen and oxygen atoms in total. The number of rotatable bonds is 6. The molecule has 28 heavy (non-hydrogen) atoms. The number of fused-ring (bicyclic) bond motifs is 1. The molecule has 0 fully saturated rings. The van der Waals surface area contributed by atoms with Gasteiger partial charge in [-0.3, -0.25) is 4.79 Å². The van der Waals surface area contributed by atoms with Crippen molar-refractivity contribution in [3.05, 3.63) is 65.5 Å². The van der Waals surface area contributed by atoms with Crippen LogP contribution < -0.4 is 14.8 Å². The summed E-state index contributed by atoms with van der Waals surface area (Å²) < 4.78 is 13.3. The number of tetrazole rings is 1. The Morgan fingerprint density at radius 1 is 1.18 bits per heavy atom. The standard InChI is InChI=1S/C20H21N5O3/c1-14-22-23-24-25(14)12-15-6-8-16(9-7-15)20(26)21-11-10-17-13-27-18-4-2-3-5-19(18)28-17/h2-9,17H,10-13H2,1H3,(H,21,26)/t17-/m1/s1. The molecule has 0 spiro atoms. The monoisotopic (exact) mass is 379 g/mol. The highest BCUT2D eigenvalue weighted by Gasteiger charge is 2.20. The van der Waals surface area contributed by atoms with Crippen LogP contribution in [0, 0.1) is 6.92 Å². The summed E-state index contributed by atoms with van der Waals surface area (Å²) >= 11 is 0. The van der Waals surface area contributed by atoms with Crippen molar-refractivity contribution in [2.75, 3.05) is 13.2 Å². The van der Waals surface area contributed by atoms with E-state index < -0.39 is 0 Å². The van der Waals surface area contributed by atoms with Gasteiger partial charge in [0.2, 0.25) is 0 Å². The van der Waals surface area contributed by atoms with Gasteiger partial charge in [-0.25, -0.2) is 4.68 Å². The second-order valence-corrected chi connectivity index (χ2v) is 6.62. The zero-order valence-corrected chi connectivity index (χ0v) is 15.5. The maximum absolute atomic E-state index is 12.3. The van der Waals surface area contributed by atoms with Gasteiger partial charge in [0.25, 0.3) is 5.91 Å². The van der Waals surface area contributed by atoms with Gasteiger partial charge >= 0.3 is 0 Å². The minimum atomic E-state index is -0.109. The second-order valence-electron chi connectivity index (χ2n) is 6.62. The van der Waals surface area contributed by atoms with Gasteiger partial charge in [-0.05, 0) is 47.2 Å².